The molecule has 33 heavy (non-hydrogen) atoms. The Kier molecular flexibility index (Phi) is 6.15. The lowest BCUT2D eigenvalue weighted by atomic mass is 9.99. The molecular weight excluding hydrogens is 440 g/mol. The molecule has 0 saturated carbocycles. The minimum atomic E-state index is -1.67. The van der Waals surface area contributed by atoms with Gasteiger partial charge in [0.1, 0.15) is 52.6 Å². The van der Waals surface area contributed by atoms with Crippen molar-refractivity contribution in [1.29, 1.82) is 0 Å². The largest absolute Gasteiger partial charge is 0.507 e. The third-order valence-electron chi connectivity index (χ3n) is 5.35. The summed E-state index contributed by atoms with van der Waals surface area (Å²) in [4.78, 5) is 12.6. The lowest BCUT2D eigenvalue weighted by molar-refractivity contribution is -0.277. The predicted octanol–water partition coefficient (Wildman–Crippen LogP) is 0.0585. The summed E-state index contributed by atoms with van der Waals surface area (Å²) in [6.45, 7) is -0.638. The molecule has 1 aromatic heterocycles. The number of methoxy groups -OCH3 is 1. The van der Waals surface area contributed by atoms with Crippen molar-refractivity contribution < 1.29 is 49.3 Å². The van der Waals surface area contributed by atoms with Crippen molar-refractivity contribution in [2.75, 3.05) is 13.7 Å². The first-order valence-corrected chi connectivity index (χ1v) is 9.89. The van der Waals surface area contributed by atoms with E-state index in [9.17, 15) is 35.4 Å². The zero-order valence-electron chi connectivity index (χ0n) is 17.3. The van der Waals surface area contributed by atoms with Crippen LogP contribution in [0.15, 0.2) is 45.6 Å². The molecule has 0 bridgehead atoms. The summed E-state index contributed by atoms with van der Waals surface area (Å²) in [5, 5.41) is 59.5. The second-order valence-corrected chi connectivity index (χ2v) is 7.49. The molecule has 0 unspecified atom stereocenters. The fourth-order valence-electron chi connectivity index (χ4n) is 3.60. The van der Waals surface area contributed by atoms with E-state index in [-0.39, 0.29) is 34.0 Å². The second kappa shape index (κ2) is 8.89. The zero-order valence-corrected chi connectivity index (χ0v) is 17.3. The molecule has 2 heterocycles. The summed E-state index contributed by atoms with van der Waals surface area (Å²) in [6.07, 6.45) is -7.56. The van der Waals surface area contributed by atoms with Crippen LogP contribution in [0.2, 0.25) is 0 Å². The molecule has 0 spiro atoms. The van der Waals surface area contributed by atoms with Crippen LogP contribution in [-0.4, -0.2) is 75.1 Å². The fraction of sp³-hybridized carbons (Fsp3) is 0.318. The fourth-order valence-corrected chi connectivity index (χ4v) is 3.60. The third kappa shape index (κ3) is 4.19. The molecule has 4 rings (SSSR count). The third-order valence-corrected chi connectivity index (χ3v) is 5.35. The summed E-state index contributed by atoms with van der Waals surface area (Å²) in [5.41, 5.74) is -0.252. The minimum absolute atomic E-state index is 0.0626. The number of phenolic OH excluding ortho intramolecular Hbond substituents is 2. The number of aliphatic hydroxyl groups excluding tert-OH is 4. The van der Waals surface area contributed by atoms with Crippen molar-refractivity contribution in [2.24, 2.45) is 0 Å². The van der Waals surface area contributed by atoms with Crippen LogP contribution in [0.1, 0.15) is 0 Å². The number of hydrogen-bond acceptors (Lipinski definition) is 11. The highest BCUT2D eigenvalue weighted by molar-refractivity contribution is 5.86. The highest BCUT2D eigenvalue weighted by Crippen LogP contribution is 2.35. The van der Waals surface area contributed by atoms with Gasteiger partial charge in [0.25, 0.3) is 0 Å². The van der Waals surface area contributed by atoms with Crippen molar-refractivity contribution in [3.63, 3.8) is 0 Å². The molecule has 11 nitrogen and oxygen atoms in total. The van der Waals surface area contributed by atoms with Gasteiger partial charge in [0.15, 0.2) is 16.9 Å². The van der Waals surface area contributed by atoms with Gasteiger partial charge in [-0.3, -0.25) is 4.79 Å². The molecule has 1 aliphatic heterocycles. The summed E-state index contributed by atoms with van der Waals surface area (Å²) in [7, 11) is 1.39. The Morgan fingerprint density at radius 3 is 2.39 bits per heavy atom. The van der Waals surface area contributed by atoms with E-state index in [1.54, 1.807) is 6.07 Å². The van der Waals surface area contributed by atoms with Crippen molar-refractivity contribution in [3.8, 4) is 34.3 Å². The maximum absolute atomic E-state index is 12.6. The monoisotopic (exact) mass is 462 g/mol. The van der Waals surface area contributed by atoms with Crippen molar-refractivity contribution in [2.45, 2.75) is 30.7 Å². The SMILES string of the molecule is COc1ccc(-c2cc(=O)c3c(O)cc(O[C@H]4O[C@@H](CO)[C@H](O)[C@@H](O)[C@@H]4O)cc3o2)cc1O. The molecule has 1 fully saturated rings. The van der Waals surface area contributed by atoms with Crippen LogP contribution in [0.4, 0.5) is 0 Å². The van der Waals surface area contributed by atoms with Crippen LogP contribution in [0.3, 0.4) is 0 Å². The molecule has 2 aromatic carbocycles. The number of rotatable bonds is 5. The number of benzene rings is 2. The van der Waals surface area contributed by atoms with Crippen LogP contribution in [0.25, 0.3) is 22.3 Å². The molecule has 176 valence electrons. The van der Waals surface area contributed by atoms with Crippen LogP contribution in [-0.2, 0) is 4.74 Å². The summed E-state index contributed by atoms with van der Waals surface area (Å²) in [6, 6.07) is 7.92. The van der Waals surface area contributed by atoms with Crippen LogP contribution >= 0.6 is 0 Å². The van der Waals surface area contributed by atoms with E-state index < -0.39 is 48.5 Å². The normalized spacial score (nSPS) is 25.2. The molecule has 0 aliphatic carbocycles. The number of aliphatic hydroxyl groups is 4. The van der Waals surface area contributed by atoms with E-state index in [4.69, 9.17) is 18.6 Å². The topological polar surface area (TPSA) is 179 Å². The Morgan fingerprint density at radius 1 is 0.970 bits per heavy atom. The van der Waals surface area contributed by atoms with E-state index in [0.29, 0.717) is 5.56 Å². The van der Waals surface area contributed by atoms with Gasteiger partial charge in [-0.05, 0) is 18.2 Å². The molecule has 5 atom stereocenters. The number of aromatic hydroxyl groups is 2. The van der Waals surface area contributed by atoms with Gasteiger partial charge in [0.2, 0.25) is 6.29 Å². The lowest BCUT2D eigenvalue weighted by Crippen LogP contribution is -2.60. The van der Waals surface area contributed by atoms with E-state index >= 15 is 0 Å². The Bertz CT molecular complexity index is 1220. The summed E-state index contributed by atoms with van der Waals surface area (Å²) in [5.74, 6) is -0.392. The van der Waals surface area contributed by atoms with Gasteiger partial charge in [0, 0.05) is 23.8 Å². The smallest absolute Gasteiger partial charge is 0.229 e. The van der Waals surface area contributed by atoms with Gasteiger partial charge >= 0.3 is 0 Å². The highest BCUT2D eigenvalue weighted by atomic mass is 16.7. The molecule has 0 radical (unpaired) electrons. The van der Waals surface area contributed by atoms with E-state index in [0.717, 1.165) is 12.1 Å². The van der Waals surface area contributed by atoms with Gasteiger partial charge < -0.3 is 49.3 Å². The first-order chi connectivity index (χ1) is 15.7. The molecular formula is C22H22O11. The van der Waals surface area contributed by atoms with Gasteiger partial charge in [-0.2, -0.15) is 0 Å². The number of hydrogen-bond donors (Lipinski definition) is 6. The lowest BCUT2D eigenvalue weighted by Gasteiger charge is -2.39. The van der Waals surface area contributed by atoms with E-state index in [1.807, 2.05) is 0 Å². The maximum Gasteiger partial charge on any atom is 0.229 e. The quantitative estimate of drug-likeness (QED) is 0.302. The van der Waals surface area contributed by atoms with Crippen molar-refractivity contribution in [1.82, 2.24) is 0 Å². The first kappa shape index (κ1) is 22.8. The first-order valence-electron chi connectivity index (χ1n) is 9.89. The number of ether oxygens (including phenoxy) is 3. The minimum Gasteiger partial charge on any atom is -0.507 e. The van der Waals surface area contributed by atoms with Crippen molar-refractivity contribution >= 4 is 11.0 Å². The molecule has 1 saturated heterocycles. The predicted molar refractivity (Wildman–Crippen MR) is 112 cm³/mol. The maximum atomic E-state index is 12.6. The molecule has 6 N–H and O–H groups in total. The zero-order chi connectivity index (χ0) is 23.9. The standard InChI is InChI=1S/C22H22O11/c1-30-14-3-2-9(4-11(14)24)15-7-13(26)18-12(25)5-10(6-16(18)32-15)31-22-21(29)20(28)19(27)17(8-23)33-22/h2-7,17,19-25,27-29H,8H2,1H3/t17-,19-,20+,21-,22-/m0/s1. The van der Waals surface area contributed by atoms with E-state index in [2.05, 4.69) is 0 Å². The van der Waals surface area contributed by atoms with Crippen LogP contribution in [0, 0.1) is 0 Å². The van der Waals surface area contributed by atoms with Gasteiger partial charge in [-0.1, -0.05) is 0 Å². The van der Waals surface area contributed by atoms with Crippen LogP contribution in [0.5, 0.6) is 23.0 Å². The van der Waals surface area contributed by atoms with Crippen LogP contribution < -0.4 is 14.9 Å². The Balaban J connectivity index is 1.71. The Morgan fingerprint density at radius 2 is 1.73 bits per heavy atom. The summed E-state index contributed by atoms with van der Waals surface area (Å²) >= 11 is 0. The molecule has 1 aliphatic rings. The Labute approximate surface area is 186 Å². The van der Waals surface area contributed by atoms with Gasteiger partial charge in [-0.25, -0.2) is 0 Å². The van der Waals surface area contributed by atoms with Crippen molar-refractivity contribution in [3.05, 3.63) is 46.6 Å². The molecule has 0 amide bonds. The van der Waals surface area contributed by atoms with Gasteiger partial charge in [-0.15, -0.1) is 0 Å². The van der Waals surface area contributed by atoms with Gasteiger partial charge in [0.05, 0.1) is 13.7 Å². The second-order valence-electron chi connectivity index (χ2n) is 7.49. The Hall–Kier alpha value is -3.35. The molecule has 3 aromatic rings. The van der Waals surface area contributed by atoms with E-state index in [1.165, 1.54) is 25.3 Å². The average Bonchev–Trinajstić information content (AvgIpc) is 2.78. The molecule has 11 heteroatoms. The average molecular weight is 462 g/mol. The summed E-state index contributed by atoms with van der Waals surface area (Å²) < 4.78 is 21.6. The number of phenols is 2. The number of fused-ring (bicyclic) bond motifs is 1. The highest BCUT2D eigenvalue weighted by Gasteiger charge is 2.44.